The fourth-order valence-corrected chi connectivity index (χ4v) is 1.44. The molecule has 0 fully saturated rings. The molecule has 0 amide bonds. The van der Waals surface area contributed by atoms with Crippen molar-refractivity contribution in [1.29, 1.82) is 10.5 Å². The zero-order valence-corrected chi connectivity index (χ0v) is 9.38. The molecule has 19 heavy (non-hydrogen) atoms. The molecule has 8 heteroatoms. The third-order valence-electron chi connectivity index (χ3n) is 2.29. The van der Waals surface area contributed by atoms with Crippen LogP contribution in [0, 0.1) is 22.7 Å². The summed E-state index contributed by atoms with van der Waals surface area (Å²) in [6, 6.07) is 5.97. The van der Waals surface area contributed by atoms with Gasteiger partial charge in [0.1, 0.15) is 12.1 Å². The van der Waals surface area contributed by atoms with Gasteiger partial charge in [-0.15, -0.1) is 0 Å². The number of imidazole rings is 1. The van der Waals surface area contributed by atoms with E-state index in [1.807, 2.05) is 0 Å². The molecule has 0 aliphatic carbocycles. The highest BCUT2D eigenvalue weighted by molar-refractivity contribution is 6.10. The second kappa shape index (κ2) is 4.85. The van der Waals surface area contributed by atoms with Crippen LogP contribution in [-0.2, 0) is 0 Å². The number of nitrogens with one attached hydrogen (secondary N) is 2. The molecule has 0 radical (unpaired) electrons. The molecule has 0 saturated carbocycles. The van der Waals surface area contributed by atoms with Gasteiger partial charge in [0.05, 0.1) is 28.6 Å². The number of hydrogen-bond donors (Lipinski definition) is 3. The van der Waals surface area contributed by atoms with Crippen molar-refractivity contribution in [2.24, 2.45) is 5.10 Å². The van der Waals surface area contributed by atoms with Gasteiger partial charge >= 0.3 is 5.97 Å². The lowest BCUT2D eigenvalue weighted by Crippen LogP contribution is -2.04. The predicted octanol–water partition coefficient (Wildman–Crippen LogP) is 1.08. The monoisotopic (exact) mass is 254 g/mol. The first-order valence-electron chi connectivity index (χ1n) is 5.00. The summed E-state index contributed by atoms with van der Waals surface area (Å²) < 4.78 is 0. The van der Waals surface area contributed by atoms with Crippen LogP contribution in [0.4, 0.5) is 5.69 Å². The first-order valence-corrected chi connectivity index (χ1v) is 5.00. The van der Waals surface area contributed by atoms with Crippen LogP contribution in [0.3, 0.4) is 0 Å². The fourth-order valence-electron chi connectivity index (χ4n) is 1.44. The van der Waals surface area contributed by atoms with Gasteiger partial charge in [0, 0.05) is 0 Å². The van der Waals surface area contributed by atoms with E-state index in [1.54, 1.807) is 12.1 Å². The Balaban J connectivity index is 2.49. The van der Waals surface area contributed by atoms with Gasteiger partial charge in [-0.1, -0.05) is 0 Å². The largest absolute Gasteiger partial charge is 0.478 e. The van der Waals surface area contributed by atoms with E-state index in [1.165, 1.54) is 18.5 Å². The maximum atomic E-state index is 11.1. The first kappa shape index (κ1) is 12.1. The number of hydrazone groups is 1. The Morgan fingerprint density at radius 3 is 2.79 bits per heavy atom. The van der Waals surface area contributed by atoms with E-state index in [0.717, 1.165) is 0 Å². The van der Waals surface area contributed by atoms with Gasteiger partial charge in [0.2, 0.25) is 5.71 Å². The van der Waals surface area contributed by atoms with Crippen molar-refractivity contribution in [3.05, 3.63) is 24.0 Å². The maximum absolute atomic E-state index is 11.1. The van der Waals surface area contributed by atoms with E-state index in [4.69, 9.17) is 15.6 Å². The highest BCUT2D eigenvalue weighted by atomic mass is 16.4. The molecular formula is C11H6N6O2. The Morgan fingerprint density at radius 1 is 1.42 bits per heavy atom. The summed E-state index contributed by atoms with van der Waals surface area (Å²) in [4.78, 5) is 17.9. The number of aromatic nitrogens is 2. The van der Waals surface area contributed by atoms with Crippen LogP contribution in [0.5, 0.6) is 0 Å². The van der Waals surface area contributed by atoms with Gasteiger partial charge in [-0.05, 0) is 12.1 Å². The molecule has 1 aromatic carbocycles. The fraction of sp³-hybridized carbons (Fsp3) is 0. The normalized spacial score (nSPS) is 9.37. The summed E-state index contributed by atoms with van der Waals surface area (Å²) in [6.07, 6.45) is 1.43. The van der Waals surface area contributed by atoms with E-state index >= 15 is 0 Å². The van der Waals surface area contributed by atoms with Gasteiger partial charge in [-0.2, -0.15) is 15.6 Å². The molecule has 0 spiro atoms. The van der Waals surface area contributed by atoms with Crippen molar-refractivity contribution in [3.63, 3.8) is 0 Å². The number of carboxylic acid groups (broad SMARTS) is 1. The highest BCUT2D eigenvalue weighted by Gasteiger charge is 2.12. The molecule has 1 aromatic heterocycles. The predicted molar refractivity (Wildman–Crippen MR) is 65.3 cm³/mol. The van der Waals surface area contributed by atoms with Gasteiger partial charge in [-0.25, -0.2) is 9.78 Å². The molecule has 2 aromatic rings. The van der Waals surface area contributed by atoms with E-state index in [0.29, 0.717) is 11.0 Å². The average Bonchev–Trinajstić information content (AvgIpc) is 2.85. The number of benzene rings is 1. The minimum atomic E-state index is -1.16. The molecular weight excluding hydrogens is 248 g/mol. The van der Waals surface area contributed by atoms with Crippen molar-refractivity contribution in [2.75, 3.05) is 5.43 Å². The number of nitrogens with zero attached hydrogens (tertiary/aromatic N) is 4. The number of anilines is 1. The summed E-state index contributed by atoms with van der Waals surface area (Å²) in [5.41, 5.74) is 3.19. The standard InChI is InChI=1S/C11H6N6O2/c12-3-6(4-13)16-17-8-2-10-9(14-5-15-10)1-7(8)11(18)19/h1-2,5,17H,(H,14,15)(H,18,19). The lowest BCUT2D eigenvalue weighted by Gasteiger charge is -2.04. The summed E-state index contributed by atoms with van der Waals surface area (Å²) in [6.45, 7) is 0. The van der Waals surface area contributed by atoms with Gasteiger partial charge in [0.25, 0.3) is 0 Å². The average molecular weight is 254 g/mol. The Bertz CT molecular complexity index is 746. The maximum Gasteiger partial charge on any atom is 0.337 e. The van der Waals surface area contributed by atoms with Crippen molar-refractivity contribution in [1.82, 2.24) is 9.97 Å². The molecule has 92 valence electrons. The summed E-state index contributed by atoms with van der Waals surface area (Å²) in [5.74, 6) is -1.16. The molecule has 0 unspecified atom stereocenters. The number of aromatic amines is 1. The molecule has 0 saturated heterocycles. The minimum absolute atomic E-state index is 0.0456. The molecule has 0 aliphatic rings. The molecule has 2 rings (SSSR count). The third-order valence-corrected chi connectivity index (χ3v) is 2.29. The minimum Gasteiger partial charge on any atom is -0.478 e. The van der Waals surface area contributed by atoms with Gasteiger partial charge in [-0.3, -0.25) is 5.43 Å². The van der Waals surface area contributed by atoms with E-state index in [9.17, 15) is 4.79 Å². The summed E-state index contributed by atoms with van der Waals surface area (Å²) in [5, 5.41) is 29.7. The number of carbonyl (C=O) groups is 1. The Hall–Kier alpha value is -3.39. The smallest absolute Gasteiger partial charge is 0.337 e. The van der Waals surface area contributed by atoms with Crippen LogP contribution in [0.1, 0.15) is 10.4 Å². The first-order chi connectivity index (χ1) is 9.15. The van der Waals surface area contributed by atoms with Crippen LogP contribution in [0.2, 0.25) is 0 Å². The molecule has 1 heterocycles. The van der Waals surface area contributed by atoms with E-state index in [2.05, 4.69) is 20.5 Å². The third kappa shape index (κ3) is 2.33. The quantitative estimate of drug-likeness (QED) is 0.553. The molecule has 0 aliphatic heterocycles. The summed E-state index contributed by atoms with van der Waals surface area (Å²) in [7, 11) is 0. The van der Waals surface area contributed by atoms with Crippen molar-refractivity contribution in [3.8, 4) is 12.1 Å². The van der Waals surface area contributed by atoms with Gasteiger partial charge < -0.3 is 10.1 Å². The Kier molecular flexibility index (Phi) is 3.09. The van der Waals surface area contributed by atoms with Crippen molar-refractivity contribution >= 4 is 28.4 Å². The van der Waals surface area contributed by atoms with Crippen molar-refractivity contribution in [2.45, 2.75) is 0 Å². The molecule has 0 bridgehead atoms. The van der Waals surface area contributed by atoms with E-state index < -0.39 is 11.7 Å². The number of nitriles is 2. The Labute approximate surface area is 106 Å². The van der Waals surface area contributed by atoms with Crippen LogP contribution >= 0.6 is 0 Å². The number of rotatable bonds is 3. The van der Waals surface area contributed by atoms with Crippen LogP contribution in [0.15, 0.2) is 23.6 Å². The number of aromatic carboxylic acids is 1. The number of fused-ring (bicyclic) bond motifs is 1. The Morgan fingerprint density at radius 2 is 2.16 bits per heavy atom. The molecule has 3 N–H and O–H groups in total. The van der Waals surface area contributed by atoms with Crippen LogP contribution < -0.4 is 5.43 Å². The zero-order valence-electron chi connectivity index (χ0n) is 9.38. The number of carboxylic acids is 1. The second-order valence-electron chi connectivity index (χ2n) is 3.42. The van der Waals surface area contributed by atoms with Crippen LogP contribution in [-0.4, -0.2) is 26.8 Å². The molecule has 8 nitrogen and oxygen atoms in total. The van der Waals surface area contributed by atoms with E-state index in [-0.39, 0.29) is 11.3 Å². The van der Waals surface area contributed by atoms with Crippen molar-refractivity contribution < 1.29 is 9.90 Å². The zero-order chi connectivity index (χ0) is 13.8. The SMILES string of the molecule is N#CC(C#N)=NNc1cc2nc[nH]c2cc1C(=O)O. The van der Waals surface area contributed by atoms with Gasteiger partial charge in [0.15, 0.2) is 0 Å². The van der Waals surface area contributed by atoms with Crippen LogP contribution in [0.25, 0.3) is 11.0 Å². The second-order valence-corrected chi connectivity index (χ2v) is 3.42. The lowest BCUT2D eigenvalue weighted by molar-refractivity contribution is 0.0698. The molecule has 0 atom stereocenters. The number of hydrogen-bond acceptors (Lipinski definition) is 6. The lowest BCUT2D eigenvalue weighted by atomic mass is 10.1. The summed E-state index contributed by atoms with van der Waals surface area (Å²) >= 11 is 0. The topological polar surface area (TPSA) is 138 Å². The number of H-pyrrole nitrogens is 1. The highest BCUT2D eigenvalue weighted by Crippen LogP contribution is 2.22.